The third-order valence-electron chi connectivity index (χ3n) is 4.98. The highest BCUT2D eigenvalue weighted by Crippen LogP contribution is 2.17. The summed E-state index contributed by atoms with van der Waals surface area (Å²) in [6.45, 7) is 1.21. The van der Waals surface area contributed by atoms with Gasteiger partial charge in [-0.05, 0) is 49.6 Å². The van der Waals surface area contributed by atoms with E-state index >= 15 is 0 Å². The molecule has 0 fully saturated rings. The number of carbonyl (C=O) groups is 1. The van der Waals surface area contributed by atoms with Crippen molar-refractivity contribution >= 4 is 45.1 Å². The van der Waals surface area contributed by atoms with E-state index in [4.69, 9.17) is 10.7 Å². The molecule has 0 spiro atoms. The monoisotopic (exact) mass is 506 g/mol. The predicted molar refractivity (Wildman–Crippen MR) is 131 cm³/mol. The fourth-order valence-corrected chi connectivity index (χ4v) is 3.73. The Kier molecular flexibility index (Phi) is 10.2. The van der Waals surface area contributed by atoms with Crippen molar-refractivity contribution in [2.45, 2.75) is 38.6 Å². The van der Waals surface area contributed by atoms with Crippen molar-refractivity contribution in [1.82, 2.24) is 14.9 Å². The molecule has 6 nitrogen and oxygen atoms in total. The van der Waals surface area contributed by atoms with Gasteiger partial charge < -0.3 is 11.1 Å². The van der Waals surface area contributed by atoms with Crippen molar-refractivity contribution in [3.8, 4) is 0 Å². The number of hydrogen-bond donors (Lipinski definition) is 2. The molecule has 0 aliphatic rings. The second-order valence-corrected chi connectivity index (χ2v) is 8.18. The van der Waals surface area contributed by atoms with Crippen LogP contribution in [0.25, 0.3) is 10.9 Å². The van der Waals surface area contributed by atoms with Gasteiger partial charge in [0.25, 0.3) is 5.56 Å². The largest absolute Gasteiger partial charge is 0.355 e. The Labute approximate surface area is 196 Å². The molecule has 1 aromatic heterocycles. The first-order chi connectivity index (χ1) is 14.6. The lowest BCUT2D eigenvalue weighted by atomic mass is 10.1. The van der Waals surface area contributed by atoms with Crippen LogP contribution in [0, 0.1) is 0 Å². The Hall–Kier alpha value is -2.22. The van der Waals surface area contributed by atoms with Crippen molar-refractivity contribution in [2.24, 2.45) is 5.73 Å². The molecule has 0 saturated carbocycles. The molecule has 31 heavy (non-hydrogen) atoms. The molecule has 8 heteroatoms. The zero-order valence-electron chi connectivity index (χ0n) is 17.4. The molecule has 0 unspecified atom stereocenters. The van der Waals surface area contributed by atoms with Crippen LogP contribution in [0.3, 0.4) is 0 Å². The average molecular weight is 508 g/mol. The second-order valence-electron chi connectivity index (χ2n) is 7.27. The molecule has 0 bridgehead atoms. The number of aromatic nitrogens is 2. The van der Waals surface area contributed by atoms with Crippen LogP contribution in [0.4, 0.5) is 0 Å². The fraction of sp³-hybridized carbons (Fsp3) is 0.348. The standard InChI is InChI=1S/C23H27BrN4O2.ClH/c24-18-10-11-20-19(15-18)23(30)28(16-22(29)26-14-6-2-5-13-25)21(27-20)12-9-17-7-3-1-4-8-17;/h1,3-4,7-8,10-11,15H,2,5-6,9,12-14,16,25H2,(H,26,29);1H. The maximum atomic E-state index is 13.2. The predicted octanol–water partition coefficient (Wildman–Crippen LogP) is 3.61. The van der Waals surface area contributed by atoms with Gasteiger partial charge in [0.15, 0.2) is 0 Å². The van der Waals surface area contributed by atoms with E-state index in [1.807, 2.05) is 30.3 Å². The fourth-order valence-electron chi connectivity index (χ4n) is 3.37. The zero-order chi connectivity index (χ0) is 21.3. The van der Waals surface area contributed by atoms with Crippen LogP contribution in [0.15, 0.2) is 57.8 Å². The summed E-state index contributed by atoms with van der Waals surface area (Å²) < 4.78 is 2.31. The lowest BCUT2D eigenvalue weighted by molar-refractivity contribution is -0.121. The summed E-state index contributed by atoms with van der Waals surface area (Å²) in [6, 6.07) is 15.5. The molecule has 0 radical (unpaired) electrons. The molecule has 0 aliphatic heterocycles. The number of nitrogens with zero attached hydrogens (tertiary/aromatic N) is 2. The summed E-state index contributed by atoms with van der Waals surface area (Å²) in [6.07, 6.45) is 4.12. The Balaban J connectivity index is 0.00000341. The lowest BCUT2D eigenvalue weighted by Gasteiger charge is -2.14. The molecule has 0 aliphatic carbocycles. The highest BCUT2D eigenvalue weighted by atomic mass is 79.9. The van der Waals surface area contributed by atoms with Gasteiger partial charge in [-0.25, -0.2) is 4.98 Å². The van der Waals surface area contributed by atoms with Gasteiger partial charge in [-0.3, -0.25) is 14.2 Å². The number of carbonyl (C=O) groups excluding carboxylic acids is 1. The van der Waals surface area contributed by atoms with Crippen LogP contribution in [-0.2, 0) is 24.2 Å². The van der Waals surface area contributed by atoms with Crippen molar-refractivity contribution in [3.63, 3.8) is 0 Å². The van der Waals surface area contributed by atoms with Crippen LogP contribution < -0.4 is 16.6 Å². The smallest absolute Gasteiger partial charge is 0.261 e. The van der Waals surface area contributed by atoms with E-state index in [0.717, 1.165) is 30.2 Å². The summed E-state index contributed by atoms with van der Waals surface area (Å²) in [5.41, 5.74) is 7.11. The number of benzene rings is 2. The van der Waals surface area contributed by atoms with E-state index in [1.54, 1.807) is 6.07 Å². The van der Waals surface area contributed by atoms with Crippen molar-refractivity contribution in [2.75, 3.05) is 13.1 Å². The maximum absolute atomic E-state index is 13.2. The number of nitrogens with two attached hydrogens (primary N) is 1. The SMILES string of the molecule is Cl.NCCCCCNC(=O)Cn1c(CCc2ccccc2)nc2ccc(Br)cc2c1=O. The van der Waals surface area contributed by atoms with Gasteiger partial charge in [-0.2, -0.15) is 0 Å². The molecule has 166 valence electrons. The van der Waals surface area contributed by atoms with E-state index in [9.17, 15) is 9.59 Å². The van der Waals surface area contributed by atoms with Crippen molar-refractivity contribution < 1.29 is 4.79 Å². The summed E-state index contributed by atoms with van der Waals surface area (Å²) in [7, 11) is 0. The number of aryl methyl sites for hydroxylation is 2. The number of rotatable bonds is 10. The molecule has 0 saturated heterocycles. The van der Waals surface area contributed by atoms with Crippen LogP contribution in [-0.4, -0.2) is 28.5 Å². The number of unbranched alkanes of at least 4 members (excludes halogenated alkanes) is 2. The summed E-state index contributed by atoms with van der Waals surface area (Å²) in [4.78, 5) is 30.4. The van der Waals surface area contributed by atoms with E-state index in [1.165, 1.54) is 10.1 Å². The molecule has 3 aromatic rings. The molecule has 1 amide bonds. The molecule has 3 N–H and O–H groups in total. The first kappa shape index (κ1) is 25.0. The van der Waals surface area contributed by atoms with Crippen LogP contribution >= 0.6 is 28.3 Å². The third kappa shape index (κ3) is 7.16. The summed E-state index contributed by atoms with van der Waals surface area (Å²) in [5.74, 6) is 0.443. The van der Waals surface area contributed by atoms with E-state index in [2.05, 4.69) is 33.4 Å². The Morgan fingerprint density at radius 3 is 2.58 bits per heavy atom. The highest BCUT2D eigenvalue weighted by molar-refractivity contribution is 9.10. The minimum absolute atomic E-state index is 0. The number of nitrogens with one attached hydrogen (secondary N) is 1. The molecule has 3 rings (SSSR count). The van der Waals surface area contributed by atoms with Gasteiger partial charge in [-0.15, -0.1) is 12.4 Å². The van der Waals surface area contributed by atoms with E-state index in [-0.39, 0.29) is 30.4 Å². The van der Waals surface area contributed by atoms with E-state index < -0.39 is 0 Å². The molecule has 1 heterocycles. The van der Waals surface area contributed by atoms with Gasteiger partial charge in [0.2, 0.25) is 5.91 Å². The number of halogens is 2. The lowest BCUT2D eigenvalue weighted by Crippen LogP contribution is -2.35. The summed E-state index contributed by atoms with van der Waals surface area (Å²) in [5, 5.41) is 3.40. The van der Waals surface area contributed by atoms with Gasteiger partial charge in [0, 0.05) is 17.4 Å². The Bertz CT molecular complexity index is 1060. The van der Waals surface area contributed by atoms with Crippen molar-refractivity contribution in [3.05, 3.63) is 74.7 Å². The first-order valence-corrected chi connectivity index (χ1v) is 11.1. The van der Waals surface area contributed by atoms with Crippen LogP contribution in [0.1, 0.15) is 30.7 Å². The normalized spacial score (nSPS) is 10.6. The summed E-state index contributed by atoms with van der Waals surface area (Å²) >= 11 is 3.41. The quantitative estimate of drug-likeness (QED) is 0.410. The molecule has 2 aromatic carbocycles. The number of amides is 1. The van der Waals surface area contributed by atoms with Crippen molar-refractivity contribution in [1.29, 1.82) is 0 Å². The minimum Gasteiger partial charge on any atom is -0.355 e. The van der Waals surface area contributed by atoms with E-state index in [0.29, 0.717) is 36.2 Å². The maximum Gasteiger partial charge on any atom is 0.261 e. The Morgan fingerprint density at radius 1 is 1.06 bits per heavy atom. The Morgan fingerprint density at radius 2 is 1.84 bits per heavy atom. The molecular weight excluding hydrogens is 480 g/mol. The van der Waals surface area contributed by atoms with Gasteiger partial charge in [0.1, 0.15) is 12.4 Å². The second kappa shape index (κ2) is 12.6. The van der Waals surface area contributed by atoms with Crippen LogP contribution in [0.5, 0.6) is 0 Å². The minimum atomic E-state index is -0.192. The number of hydrogen-bond acceptors (Lipinski definition) is 4. The van der Waals surface area contributed by atoms with Gasteiger partial charge >= 0.3 is 0 Å². The topological polar surface area (TPSA) is 90.0 Å². The number of fused-ring (bicyclic) bond motifs is 1. The molecule has 0 atom stereocenters. The first-order valence-electron chi connectivity index (χ1n) is 10.3. The third-order valence-corrected chi connectivity index (χ3v) is 5.47. The van der Waals surface area contributed by atoms with Gasteiger partial charge in [0.05, 0.1) is 10.9 Å². The zero-order valence-corrected chi connectivity index (χ0v) is 19.8. The van der Waals surface area contributed by atoms with Gasteiger partial charge in [-0.1, -0.05) is 52.7 Å². The molecular formula is C23H28BrClN4O2. The van der Waals surface area contributed by atoms with Crippen LogP contribution in [0.2, 0.25) is 0 Å². The average Bonchev–Trinajstić information content (AvgIpc) is 2.75. The highest BCUT2D eigenvalue weighted by Gasteiger charge is 2.14.